The molecule has 1 aromatic carbocycles. The zero-order chi connectivity index (χ0) is 9.14. The lowest BCUT2D eigenvalue weighted by atomic mass is 10.0. The van der Waals surface area contributed by atoms with E-state index in [1.165, 1.54) is 16.7 Å². The third kappa shape index (κ3) is 1.92. The minimum Gasteiger partial charge on any atom is -0.0846 e. The summed E-state index contributed by atoms with van der Waals surface area (Å²) in [7, 11) is 0. The van der Waals surface area contributed by atoms with Crippen molar-refractivity contribution in [3.8, 4) is 0 Å². The van der Waals surface area contributed by atoms with Crippen LogP contribution in [0.25, 0.3) is 0 Å². The lowest BCUT2D eigenvalue weighted by molar-refractivity contribution is 1.12. The first-order chi connectivity index (χ1) is 5.65. The van der Waals surface area contributed by atoms with Crippen LogP contribution in [0.1, 0.15) is 30.5 Å². The van der Waals surface area contributed by atoms with E-state index in [9.17, 15) is 0 Å². The van der Waals surface area contributed by atoms with Crippen LogP contribution in [0.15, 0.2) is 18.2 Å². The summed E-state index contributed by atoms with van der Waals surface area (Å²) in [5.41, 5.74) is 3.91. The van der Waals surface area contributed by atoms with Gasteiger partial charge in [-0.15, -0.1) is 0 Å². The summed E-state index contributed by atoms with van der Waals surface area (Å²) < 4.78 is 0. The van der Waals surface area contributed by atoms with E-state index in [2.05, 4.69) is 32.0 Å². The van der Waals surface area contributed by atoms with E-state index < -0.39 is 0 Å². The molecule has 0 aliphatic heterocycles. The molecule has 0 unspecified atom stereocenters. The Hall–Kier alpha value is -0.690. The van der Waals surface area contributed by atoms with Gasteiger partial charge in [0, 0.05) is 4.86 Å². The van der Waals surface area contributed by atoms with Crippen LogP contribution in [0, 0.1) is 6.92 Å². The van der Waals surface area contributed by atoms with Crippen molar-refractivity contribution in [1.29, 1.82) is 0 Å². The molecule has 0 saturated carbocycles. The maximum atomic E-state index is 5.16. The average Bonchev–Trinajstić information content (AvgIpc) is 2.03. The van der Waals surface area contributed by atoms with Crippen LogP contribution >= 0.6 is 12.2 Å². The van der Waals surface area contributed by atoms with Gasteiger partial charge in [0.15, 0.2) is 0 Å². The highest BCUT2D eigenvalue weighted by Crippen LogP contribution is 2.13. The Kier molecular flexibility index (Phi) is 2.99. The van der Waals surface area contributed by atoms with Crippen molar-refractivity contribution in [2.75, 3.05) is 0 Å². The number of aryl methyl sites for hydroxylation is 2. The highest BCUT2D eigenvalue weighted by atomic mass is 32.1. The SMILES string of the molecule is CCc1cc(C)ccc1C(C)=S. The van der Waals surface area contributed by atoms with Gasteiger partial charge in [0.05, 0.1) is 0 Å². The van der Waals surface area contributed by atoms with Gasteiger partial charge >= 0.3 is 0 Å². The molecule has 0 aliphatic rings. The molecule has 0 fully saturated rings. The molecule has 0 radical (unpaired) electrons. The standard InChI is InChI=1S/C11H14S/c1-4-10-7-8(2)5-6-11(10)9(3)12/h5-7H,4H2,1-3H3. The molecule has 1 rings (SSSR count). The van der Waals surface area contributed by atoms with Crippen LogP contribution in [-0.4, -0.2) is 4.86 Å². The van der Waals surface area contributed by atoms with Crippen molar-refractivity contribution in [2.24, 2.45) is 0 Å². The van der Waals surface area contributed by atoms with Gasteiger partial charge < -0.3 is 0 Å². The van der Waals surface area contributed by atoms with Crippen molar-refractivity contribution in [3.05, 3.63) is 34.9 Å². The Balaban J connectivity index is 3.20. The fourth-order valence-corrected chi connectivity index (χ4v) is 1.56. The molecule has 0 aromatic heterocycles. The lowest BCUT2D eigenvalue weighted by Gasteiger charge is -2.06. The topological polar surface area (TPSA) is 0 Å². The largest absolute Gasteiger partial charge is 0.0846 e. The minimum absolute atomic E-state index is 0.992. The van der Waals surface area contributed by atoms with Crippen molar-refractivity contribution >= 4 is 17.1 Å². The molecule has 1 aromatic rings. The zero-order valence-electron chi connectivity index (χ0n) is 7.85. The van der Waals surface area contributed by atoms with Gasteiger partial charge in [0.25, 0.3) is 0 Å². The molecule has 0 spiro atoms. The molecular weight excluding hydrogens is 164 g/mol. The highest BCUT2D eigenvalue weighted by Gasteiger charge is 2.01. The van der Waals surface area contributed by atoms with Gasteiger partial charge in [-0.3, -0.25) is 0 Å². The van der Waals surface area contributed by atoms with E-state index in [1.54, 1.807) is 0 Å². The second-order valence-electron chi connectivity index (χ2n) is 3.07. The molecule has 0 atom stereocenters. The molecule has 0 amide bonds. The first-order valence-electron chi connectivity index (χ1n) is 4.25. The molecule has 0 heterocycles. The molecular formula is C11H14S. The Bertz CT molecular complexity index is 300. The Labute approximate surface area is 79.6 Å². The van der Waals surface area contributed by atoms with Crippen molar-refractivity contribution in [1.82, 2.24) is 0 Å². The van der Waals surface area contributed by atoms with E-state index >= 15 is 0 Å². The first-order valence-corrected chi connectivity index (χ1v) is 4.66. The fraction of sp³-hybridized carbons (Fsp3) is 0.364. The van der Waals surface area contributed by atoms with Crippen molar-refractivity contribution < 1.29 is 0 Å². The second-order valence-corrected chi connectivity index (χ2v) is 3.68. The molecule has 0 saturated heterocycles. The zero-order valence-corrected chi connectivity index (χ0v) is 8.66. The molecule has 0 N–H and O–H groups in total. The summed E-state index contributed by atoms with van der Waals surface area (Å²) in [6.45, 7) is 6.26. The summed E-state index contributed by atoms with van der Waals surface area (Å²) in [4.78, 5) is 0.992. The first kappa shape index (κ1) is 9.40. The van der Waals surface area contributed by atoms with Gasteiger partial charge in [-0.25, -0.2) is 0 Å². The van der Waals surface area contributed by atoms with E-state index in [4.69, 9.17) is 12.2 Å². The lowest BCUT2D eigenvalue weighted by Crippen LogP contribution is -1.97. The van der Waals surface area contributed by atoms with Crippen LogP contribution in [0.4, 0.5) is 0 Å². The molecule has 1 heteroatoms. The Morgan fingerprint density at radius 3 is 2.58 bits per heavy atom. The molecule has 0 nitrogen and oxygen atoms in total. The minimum atomic E-state index is 0.992. The monoisotopic (exact) mass is 178 g/mol. The van der Waals surface area contributed by atoms with Gasteiger partial charge in [0.1, 0.15) is 0 Å². The van der Waals surface area contributed by atoms with Crippen molar-refractivity contribution in [2.45, 2.75) is 27.2 Å². The smallest absolute Gasteiger partial charge is 0.0196 e. The molecule has 0 aliphatic carbocycles. The maximum Gasteiger partial charge on any atom is 0.0196 e. The van der Waals surface area contributed by atoms with Crippen LogP contribution < -0.4 is 0 Å². The molecule has 64 valence electrons. The van der Waals surface area contributed by atoms with E-state index in [-0.39, 0.29) is 0 Å². The Morgan fingerprint density at radius 2 is 2.08 bits per heavy atom. The number of hydrogen-bond donors (Lipinski definition) is 0. The third-order valence-electron chi connectivity index (χ3n) is 2.02. The predicted octanol–water partition coefficient (Wildman–Crippen LogP) is 3.30. The predicted molar refractivity (Wildman–Crippen MR) is 57.9 cm³/mol. The summed E-state index contributed by atoms with van der Waals surface area (Å²) in [6.07, 6.45) is 1.06. The van der Waals surface area contributed by atoms with Gasteiger partial charge in [-0.05, 0) is 31.4 Å². The van der Waals surface area contributed by atoms with Gasteiger partial charge in [-0.1, -0.05) is 42.9 Å². The number of rotatable bonds is 2. The summed E-state index contributed by atoms with van der Waals surface area (Å²) >= 11 is 5.16. The number of thiocarbonyl (C=S) groups is 1. The fourth-order valence-electron chi connectivity index (χ4n) is 1.36. The maximum absolute atomic E-state index is 5.16. The van der Waals surface area contributed by atoms with Gasteiger partial charge in [-0.2, -0.15) is 0 Å². The average molecular weight is 178 g/mol. The second kappa shape index (κ2) is 3.81. The molecule has 12 heavy (non-hydrogen) atoms. The van der Waals surface area contributed by atoms with Crippen LogP contribution in [0.2, 0.25) is 0 Å². The van der Waals surface area contributed by atoms with Crippen LogP contribution in [0.3, 0.4) is 0 Å². The summed E-state index contributed by atoms with van der Waals surface area (Å²) in [5.74, 6) is 0. The quantitative estimate of drug-likeness (QED) is 0.494. The van der Waals surface area contributed by atoms with Crippen LogP contribution in [0.5, 0.6) is 0 Å². The summed E-state index contributed by atoms with van der Waals surface area (Å²) in [5, 5.41) is 0. The normalized spacial score (nSPS) is 9.92. The van der Waals surface area contributed by atoms with Crippen molar-refractivity contribution in [3.63, 3.8) is 0 Å². The number of hydrogen-bond acceptors (Lipinski definition) is 1. The third-order valence-corrected chi connectivity index (χ3v) is 2.24. The highest BCUT2D eigenvalue weighted by molar-refractivity contribution is 7.80. The Morgan fingerprint density at radius 1 is 1.42 bits per heavy atom. The van der Waals surface area contributed by atoms with E-state index in [0.29, 0.717) is 0 Å². The molecule has 0 bridgehead atoms. The van der Waals surface area contributed by atoms with Crippen LogP contribution in [-0.2, 0) is 6.42 Å². The number of benzene rings is 1. The van der Waals surface area contributed by atoms with E-state index in [1.807, 2.05) is 6.92 Å². The summed E-state index contributed by atoms with van der Waals surface area (Å²) in [6, 6.07) is 6.45. The van der Waals surface area contributed by atoms with E-state index in [0.717, 1.165) is 11.3 Å². The van der Waals surface area contributed by atoms with Gasteiger partial charge in [0.2, 0.25) is 0 Å².